The number of imidazole rings is 1. The van der Waals surface area contributed by atoms with Crippen LogP contribution in [-0.4, -0.2) is 21.5 Å². The van der Waals surface area contributed by atoms with Gasteiger partial charge in [0.05, 0.1) is 11.0 Å². The lowest BCUT2D eigenvalue weighted by molar-refractivity contribution is -0.124. The lowest BCUT2D eigenvalue weighted by Crippen LogP contribution is -2.40. The minimum absolute atomic E-state index is 0.105. The van der Waals surface area contributed by atoms with Crippen molar-refractivity contribution in [1.82, 2.24) is 14.9 Å². The normalized spacial score (nSPS) is 17.8. The Balaban J connectivity index is 1.81. The number of amides is 1. The van der Waals surface area contributed by atoms with Gasteiger partial charge in [0.15, 0.2) is 0 Å². The quantitative estimate of drug-likeness (QED) is 0.940. The second-order valence-electron chi connectivity index (χ2n) is 6.04. The maximum Gasteiger partial charge on any atom is 0.243 e. The second-order valence-corrected chi connectivity index (χ2v) is 6.04. The third-order valence-corrected chi connectivity index (χ3v) is 4.49. The molecule has 4 nitrogen and oxygen atoms in total. The summed E-state index contributed by atoms with van der Waals surface area (Å²) in [5.74, 6) is 0.996. The van der Waals surface area contributed by atoms with Gasteiger partial charge < -0.3 is 9.88 Å². The van der Waals surface area contributed by atoms with E-state index < -0.39 is 0 Å². The molecule has 1 heterocycles. The molecule has 0 aliphatic heterocycles. The first-order valence-corrected chi connectivity index (χ1v) is 7.91. The van der Waals surface area contributed by atoms with E-state index in [1.165, 1.54) is 19.3 Å². The fourth-order valence-corrected chi connectivity index (χ4v) is 3.34. The zero-order chi connectivity index (χ0) is 14.8. The number of benzene rings is 1. The van der Waals surface area contributed by atoms with Crippen LogP contribution in [0.2, 0.25) is 0 Å². The van der Waals surface area contributed by atoms with Crippen LogP contribution in [0.25, 0.3) is 11.0 Å². The maximum atomic E-state index is 12.5. The summed E-state index contributed by atoms with van der Waals surface area (Å²) in [4.78, 5) is 17.1. The van der Waals surface area contributed by atoms with Crippen molar-refractivity contribution >= 4 is 16.9 Å². The Kier molecular flexibility index (Phi) is 3.95. The van der Waals surface area contributed by atoms with Crippen molar-refractivity contribution in [3.8, 4) is 0 Å². The van der Waals surface area contributed by atoms with E-state index >= 15 is 0 Å². The predicted octanol–water partition coefficient (Wildman–Crippen LogP) is 3.35. The molecule has 112 valence electrons. The molecule has 1 aliphatic carbocycles. The van der Waals surface area contributed by atoms with Crippen LogP contribution in [0.1, 0.15) is 50.9 Å². The Bertz CT molecular complexity index is 641. The van der Waals surface area contributed by atoms with Gasteiger partial charge in [-0.25, -0.2) is 4.98 Å². The summed E-state index contributed by atoms with van der Waals surface area (Å²) in [6.45, 7) is 3.92. The average Bonchev–Trinajstić information content (AvgIpc) is 2.83. The Morgan fingerprint density at radius 1 is 1.29 bits per heavy atom. The number of nitrogens with one attached hydrogen (secondary N) is 1. The van der Waals surface area contributed by atoms with E-state index in [0.29, 0.717) is 6.04 Å². The standard InChI is InChI=1S/C17H23N3O/c1-12(17(21)19-14-8-4-3-5-9-14)20-13(2)18-15-10-6-7-11-16(15)20/h6-7,10-12,14H,3-5,8-9H2,1-2H3,(H,19,21). The number of aryl methyl sites for hydroxylation is 1. The highest BCUT2D eigenvalue weighted by Gasteiger charge is 2.23. The number of nitrogens with zero attached hydrogens (tertiary/aromatic N) is 2. The van der Waals surface area contributed by atoms with Gasteiger partial charge in [-0.3, -0.25) is 4.79 Å². The van der Waals surface area contributed by atoms with Crippen molar-refractivity contribution in [2.75, 3.05) is 0 Å². The number of hydrogen-bond acceptors (Lipinski definition) is 2. The highest BCUT2D eigenvalue weighted by atomic mass is 16.2. The summed E-state index contributed by atoms with van der Waals surface area (Å²) >= 11 is 0. The van der Waals surface area contributed by atoms with Crippen LogP contribution in [0.4, 0.5) is 0 Å². The van der Waals surface area contributed by atoms with Gasteiger partial charge in [-0.1, -0.05) is 31.4 Å². The molecule has 1 aromatic carbocycles. The molecule has 1 atom stereocenters. The third-order valence-electron chi connectivity index (χ3n) is 4.49. The van der Waals surface area contributed by atoms with E-state index in [2.05, 4.69) is 10.3 Å². The average molecular weight is 285 g/mol. The lowest BCUT2D eigenvalue weighted by atomic mass is 9.95. The molecule has 1 amide bonds. The van der Waals surface area contributed by atoms with E-state index in [4.69, 9.17) is 0 Å². The fraction of sp³-hybridized carbons (Fsp3) is 0.529. The number of fused-ring (bicyclic) bond motifs is 1. The first-order valence-electron chi connectivity index (χ1n) is 7.91. The summed E-state index contributed by atoms with van der Waals surface area (Å²) in [7, 11) is 0. The minimum atomic E-state index is -0.223. The number of aromatic nitrogens is 2. The van der Waals surface area contributed by atoms with Crippen molar-refractivity contribution in [2.45, 2.75) is 58.0 Å². The van der Waals surface area contributed by atoms with E-state index in [-0.39, 0.29) is 11.9 Å². The number of hydrogen-bond donors (Lipinski definition) is 1. The number of rotatable bonds is 3. The molecular formula is C17H23N3O. The van der Waals surface area contributed by atoms with Gasteiger partial charge in [-0.15, -0.1) is 0 Å². The van der Waals surface area contributed by atoms with E-state index in [1.807, 2.05) is 42.7 Å². The van der Waals surface area contributed by atoms with Gasteiger partial charge in [-0.2, -0.15) is 0 Å². The molecule has 1 fully saturated rings. The molecule has 1 aliphatic rings. The number of para-hydroxylation sites is 2. The molecule has 1 aromatic heterocycles. The van der Waals surface area contributed by atoms with Crippen molar-refractivity contribution in [3.63, 3.8) is 0 Å². The molecule has 21 heavy (non-hydrogen) atoms. The van der Waals surface area contributed by atoms with Gasteiger partial charge in [0, 0.05) is 6.04 Å². The maximum absolute atomic E-state index is 12.5. The van der Waals surface area contributed by atoms with Crippen LogP contribution in [-0.2, 0) is 4.79 Å². The number of carbonyl (C=O) groups is 1. The van der Waals surface area contributed by atoms with Crippen molar-refractivity contribution in [2.24, 2.45) is 0 Å². The van der Waals surface area contributed by atoms with Crippen molar-refractivity contribution in [3.05, 3.63) is 30.1 Å². The summed E-state index contributed by atoms with van der Waals surface area (Å²) in [5.41, 5.74) is 1.98. The molecular weight excluding hydrogens is 262 g/mol. The largest absolute Gasteiger partial charge is 0.352 e. The Hall–Kier alpha value is -1.84. The lowest BCUT2D eigenvalue weighted by Gasteiger charge is -2.25. The summed E-state index contributed by atoms with van der Waals surface area (Å²) in [5, 5.41) is 3.21. The Labute approximate surface area is 125 Å². The molecule has 1 saturated carbocycles. The second kappa shape index (κ2) is 5.88. The monoisotopic (exact) mass is 285 g/mol. The summed E-state index contributed by atoms with van der Waals surface area (Å²) in [6, 6.07) is 8.12. The SMILES string of the molecule is Cc1nc2ccccc2n1C(C)C(=O)NC1CCCCC1. The van der Waals surface area contributed by atoms with Crippen LogP contribution < -0.4 is 5.32 Å². The molecule has 3 rings (SSSR count). The molecule has 4 heteroatoms. The molecule has 1 unspecified atom stereocenters. The van der Waals surface area contributed by atoms with Crippen LogP contribution in [0.3, 0.4) is 0 Å². The smallest absolute Gasteiger partial charge is 0.243 e. The Morgan fingerprint density at radius 2 is 2.00 bits per heavy atom. The van der Waals surface area contributed by atoms with E-state index in [9.17, 15) is 4.79 Å². The molecule has 0 radical (unpaired) electrons. The zero-order valence-electron chi connectivity index (χ0n) is 12.8. The first-order chi connectivity index (χ1) is 10.2. The summed E-state index contributed by atoms with van der Waals surface area (Å²) < 4.78 is 2.04. The van der Waals surface area contributed by atoms with Crippen molar-refractivity contribution < 1.29 is 4.79 Å². The fourth-order valence-electron chi connectivity index (χ4n) is 3.34. The van der Waals surface area contributed by atoms with Crippen LogP contribution in [0, 0.1) is 6.92 Å². The van der Waals surface area contributed by atoms with Crippen LogP contribution >= 0.6 is 0 Å². The minimum Gasteiger partial charge on any atom is -0.352 e. The highest BCUT2D eigenvalue weighted by Crippen LogP contribution is 2.22. The Morgan fingerprint density at radius 3 is 2.76 bits per heavy atom. The molecule has 0 bridgehead atoms. The van der Waals surface area contributed by atoms with E-state index in [1.54, 1.807) is 0 Å². The summed E-state index contributed by atoms with van der Waals surface area (Å²) in [6.07, 6.45) is 5.98. The topological polar surface area (TPSA) is 46.9 Å². The van der Waals surface area contributed by atoms with Gasteiger partial charge >= 0.3 is 0 Å². The highest BCUT2D eigenvalue weighted by molar-refractivity contribution is 5.84. The number of carbonyl (C=O) groups excluding carboxylic acids is 1. The van der Waals surface area contributed by atoms with Gasteiger partial charge in [0.25, 0.3) is 0 Å². The molecule has 0 saturated heterocycles. The van der Waals surface area contributed by atoms with Gasteiger partial charge in [-0.05, 0) is 38.8 Å². The first kappa shape index (κ1) is 14.1. The van der Waals surface area contributed by atoms with Crippen LogP contribution in [0.15, 0.2) is 24.3 Å². The van der Waals surface area contributed by atoms with Gasteiger partial charge in [0.2, 0.25) is 5.91 Å². The molecule has 2 aromatic rings. The van der Waals surface area contributed by atoms with Crippen LogP contribution in [0.5, 0.6) is 0 Å². The predicted molar refractivity (Wildman–Crippen MR) is 84.2 cm³/mol. The van der Waals surface area contributed by atoms with E-state index in [0.717, 1.165) is 29.7 Å². The van der Waals surface area contributed by atoms with Gasteiger partial charge in [0.1, 0.15) is 11.9 Å². The third kappa shape index (κ3) is 2.80. The molecule has 0 spiro atoms. The molecule has 1 N–H and O–H groups in total. The zero-order valence-corrected chi connectivity index (χ0v) is 12.8. The van der Waals surface area contributed by atoms with Crippen molar-refractivity contribution in [1.29, 1.82) is 0 Å².